The van der Waals surface area contributed by atoms with Gasteiger partial charge in [-0.25, -0.2) is 13.8 Å². The number of aryl methyl sites for hydroxylation is 1. The first-order valence-corrected chi connectivity index (χ1v) is 6.24. The monoisotopic (exact) mass is 302 g/mol. The minimum Gasteiger partial charge on any atom is -0.378 e. The zero-order valence-electron chi connectivity index (χ0n) is 9.98. The molecule has 0 atom stereocenters. The lowest BCUT2D eigenvalue weighted by atomic mass is 10.2. The van der Waals surface area contributed by atoms with Crippen LogP contribution in [0, 0.1) is 18.6 Å². The summed E-state index contributed by atoms with van der Waals surface area (Å²) in [5.41, 5.74) is 1.21. The van der Waals surface area contributed by atoms with Crippen LogP contribution < -0.4 is 5.32 Å². The number of benzene rings is 1. The third-order valence-electron chi connectivity index (χ3n) is 2.64. The number of anilines is 1. The molecule has 0 fully saturated rings. The Morgan fingerprint density at radius 3 is 2.42 bits per heavy atom. The first kappa shape index (κ1) is 14.0. The van der Waals surface area contributed by atoms with Gasteiger partial charge in [-0.15, -0.1) is 0 Å². The Bertz CT molecular complexity index is 574. The molecule has 0 bridgehead atoms. The van der Waals surface area contributed by atoms with Gasteiger partial charge in [0, 0.05) is 12.1 Å². The fourth-order valence-corrected chi connectivity index (χ4v) is 2.28. The van der Waals surface area contributed by atoms with Crippen LogP contribution in [-0.4, -0.2) is 4.98 Å². The number of pyridine rings is 1. The maximum absolute atomic E-state index is 13.5. The Morgan fingerprint density at radius 1 is 1.21 bits per heavy atom. The molecule has 1 N–H and O–H groups in total. The molecule has 1 aromatic heterocycles. The van der Waals surface area contributed by atoms with Gasteiger partial charge in [-0.3, -0.25) is 0 Å². The zero-order chi connectivity index (χ0) is 14.0. The molecule has 2 rings (SSSR count). The van der Waals surface area contributed by atoms with Crippen LogP contribution in [-0.2, 0) is 6.54 Å². The van der Waals surface area contributed by atoms with E-state index in [2.05, 4.69) is 10.3 Å². The lowest BCUT2D eigenvalue weighted by molar-refractivity contribution is 0.560. The first-order chi connectivity index (χ1) is 8.99. The van der Waals surface area contributed by atoms with Crippen molar-refractivity contribution in [3.05, 3.63) is 57.3 Å². The summed E-state index contributed by atoms with van der Waals surface area (Å²) in [6.07, 6.45) is 0. The molecular weight excluding hydrogens is 293 g/mol. The Balaban J connectivity index is 2.24. The molecule has 0 unspecified atom stereocenters. The summed E-state index contributed by atoms with van der Waals surface area (Å²) in [5, 5.41) is 3.31. The van der Waals surface area contributed by atoms with Crippen LogP contribution in [0.2, 0.25) is 10.3 Å². The van der Waals surface area contributed by atoms with Gasteiger partial charge in [0.15, 0.2) is 5.15 Å². The molecule has 0 aliphatic carbocycles. The predicted octanol–water partition coefficient (Wildman–Crippen LogP) is 4.59. The van der Waals surface area contributed by atoms with E-state index in [4.69, 9.17) is 23.2 Å². The largest absolute Gasteiger partial charge is 0.378 e. The molecule has 0 spiro atoms. The van der Waals surface area contributed by atoms with Gasteiger partial charge in [0.05, 0.1) is 5.69 Å². The van der Waals surface area contributed by atoms with E-state index < -0.39 is 11.6 Å². The zero-order valence-corrected chi connectivity index (χ0v) is 11.5. The van der Waals surface area contributed by atoms with Gasteiger partial charge >= 0.3 is 0 Å². The van der Waals surface area contributed by atoms with Crippen molar-refractivity contribution in [3.63, 3.8) is 0 Å². The van der Waals surface area contributed by atoms with Crippen LogP contribution in [0.5, 0.6) is 0 Å². The summed E-state index contributed by atoms with van der Waals surface area (Å²) < 4.78 is 26.9. The van der Waals surface area contributed by atoms with Crippen LogP contribution in [0.1, 0.15) is 11.1 Å². The van der Waals surface area contributed by atoms with Gasteiger partial charge in [-0.1, -0.05) is 29.3 Å². The topological polar surface area (TPSA) is 24.9 Å². The molecule has 2 nitrogen and oxygen atoms in total. The summed E-state index contributed by atoms with van der Waals surface area (Å²) in [6.45, 7) is 1.75. The van der Waals surface area contributed by atoms with E-state index in [9.17, 15) is 8.78 Å². The molecule has 0 aliphatic heterocycles. The molecule has 6 heteroatoms. The Labute approximate surface area is 119 Å². The van der Waals surface area contributed by atoms with Crippen molar-refractivity contribution in [1.82, 2.24) is 4.98 Å². The van der Waals surface area contributed by atoms with E-state index in [0.29, 0.717) is 5.69 Å². The second-order valence-electron chi connectivity index (χ2n) is 3.98. The number of aromatic nitrogens is 1. The van der Waals surface area contributed by atoms with E-state index in [-0.39, 0.29) is 22.4 Å². The van der Waals surface area contributed by atoms with Crippen LogP contribution >= 0.6 is 23.2 Å². The number of nitrogens with one attached hydrogen (secondary N) is 1. The van der Waals surface area contributed by atoms with Crippen LogP contribution in [0.25, 0.3) is 0 Å². The number of nitrogens with zero attached hydrogens (tertiary/aromatic N) is 1. The summed E-state index contributed by atoms with van der Waals surface area (Å²) in [4.78, 5) is 3.87. The lowest BCUT2D eigenvalue weighted by Crippen LogP contribution is -2.06. The quantitative estimate of drug-likeness (QED) is 0.839. The van der Waals surface area contributed by atoms with Crippen molar-refractivity contribution in [2.45, 2.75) is 13.5 Å². The van der Waals surface area contributed by atoms with Crippen molar-refractivity contribution in [2.24, 2.45) is 0 Å². The van der Waals surface area contributed by atoms with Crippen molar-refractivity contribution in [2.75, 3.05) is 5.32 Å². The summed E-state index contributed by atoms with van der Waals surface area (Å²) >= 11 is 11.7. The molecule has 0 amide bonds. The van der Waals surface area contributed by atoms with Gasteiger partial charge < -0.3 is 5.32 Å². The van der Waals surface area contributed by atoms with Crippen molar-refractivity contribution in [3.8, 4) is 0 Å². The average Bonchev–Trinajstić information content (AvgIpc) is 2.31. The molecule has 0 saturated heterocycles. The van der Waals surface area contributed by atoms with E-state index in [1.165, 1.54) is 18.2 Å². The van der Waals surface area contributed by atoms with Crippen molar-refractivity contribution < 1.29 is 8.78 Å². The highest BCUT2D eigenvalue weighted by atomic mass is 35.5. The van der Waals surface area contributed by atoms with E-state index >= 15 is 0 Å². The van der Waals surface area contributed by atoms with E-state index in [1.807, 2.05) is 0 Å². The van der Waals surface area contributed by atoms with Gasteiger partial charge in [0.1, 0.15) is 16.8 Å². The second-order valence-corrected chi connectivity index (χ2v) is 4.73. The SMILES string of the molecule is Cc1cc(Cl)nc(Cl)c1NCc1c(F)cccc1F. The maximum Gasteiger partial charge on any atom is 0.154 e. The molecule has 1 aromatic carbocycles. The van der Waals surface area contributed by atoms with E-state index in [1.54, 1.807) is 13.0 Å². The minimum atomic E-state index is -0.608. The fraction of sp³-hybridized carbons (Fsp3) is 0.154. The molecule has 2 aromatic rings. The maximum atomic E-state index is 13.5. The van der Waals surface area contributed by atoms with Gasteiger partial charge in [0.2, 0.25) is 0 Å². The fourth-order valence-electron chi connectivity index (χ4n) is 1.69. The van der Waals surface area contributed by atoms with Crippen molar-refractivity contribution >= 4 is 28.9 Å². The number of halogens is 4. The summed E-state index contributed by atoms with van der Waals surface area (Å²) in [5.74, 6) is -1.22. The summed E-state index contributed by atoms with van der Waals surface area (Å²) in [7, 11) is 0. The molecular formula is C13H10Cl2F2N2. The van der Waals surface area contributed by atoms with Crippen LogP contribution in [0.15, 0.2) is 24.3 Å². The molecule has 0 saturated carbocycles. The van der Waals surface area contributed by atoms with Gasteiger partial charge in [-0.2, -0.15) is 0 Å². The average molecular weight is 303 g/mol. The van der Waals surface area contributed by atoms with Crippen molar-refractivity contribution in [1.29, 1.82) is 0 Å². The van der Waals surface area contributed by atoms with Crippen LogP contribution in [0.4, 0.5) is 14.5 Å². The molecule has 1 heterocycles. The number of rotatable bonds is 3. The summed E-state index contributed by atoms with van der Waals surface area (Å²) in [6, 6.07) is 5.34. The van der Waals surface area contributed by atoms with Gasteiger partial charge in [0.25, 0.3) is 0 Å². The van der Waals surface area contributed by atoms with E-state index in [0.717, 1.165) is 5.56 Å². The Kier molecular flexibility index (Phi) is 4.22. The molecule has 0 radical (unpaired) electrons. The number of hydrogen-bond donors (Lipinski definition) is 1. The lowest BCUT2D eigenvalue weighted by Gasteiger charge is -2.12. The molecule has 0 aliphatic rings. The standard InChI is InChI=1S/C13H10Cl2F2N2/c1-7-5-11(14)19-13(15)12(7)18-6-8-9(16)3-2-4-10(8)17/h2-5,18H,6H2,1H3. The molecule has 19 heavy (non-hydrogen) atoms. The third-order valence-corrected chi connectivity index (χ3v) is 3.11. The second kappa shape index (κ2) is 5.72. The smallest absolute Gasteiger partial charge is 0.154 e. The Hall–Kier alpha value is -1.39. The normalized spacial score (nSPS) is 10.6. The third kappa shape index (κ3) is 3.14. The first-order valence-electron chi connectivity index (χ1n) is 5.48. The number of hydrogen-bond acceptors (Lipinski definition) is 2. The highest BCUT2D eigenvalue weighted by molar-refractivity contribution is 6.34. The minimum absolute atomic E-state index is 0.0254. The van der Waals surface area contributed by atoms with Crippen LogP contribution in [0.3, 0.4) is 0 Å². The highest BCUT2D eigenvalue weighted by Crippen LogP contribution is 2.27. The predicted molar refractivity (Wildman–Crippen MR) is 72.7 cm³/mol. The highest BCUT2D eigenvalue weighted by Gasteiger charge is 2.11. The Morgan fingerprint density at radius 2 is 1.84 bits per heavy atom. The molecule has 100 valence electrons. The van der Waals surface area contributed by atoms with Gasteiger partial charge in [-0.05, 0) is 30.7 Å².